The number of hydrogen-bond donors (Lipinski definition) is 1. The van der Waals surface area contributed by atoms with Gasteiger partial charge in [-0.2, -0.15) is 13.2 Å². The van der Waals surface area contributed by atoms with Crippen molar-refractivity contribution < 1.29 is 41.2 Å². The van der Waals surface area contributed by atoms with E-state index in [4.69, 9.17) is 0 Å². The fourth-order valence-corrected chi connectivity index (χ4v) is 6.23. The van der Waals surface area contributed by atoms with Crippen molar-refractivity contribution >= 4 is 39.5 Å². The first kappa shape index (κ1) is 26.8. The number of aryl methyl sites for hydroxylation is 1. The normalized spacial score (nSPS) is 19.9. The molecule has 1 aliphatic carbocycles. The quantitative estimate of drug-likeness (QED) is 0.394. The lowest BCUT2D eigenvalue weighted by atomic mass is 9.96. The molecule has 0 saturated heterocycles. The third-order valence-corrected chi connectivity index (χ3v) is 8.21. The van der Waals surface area contributed by atoms with Gasteiger partial charge in [0.15, 0.2) is 5.54 Å². The van der Waals surface area contributed by atoms with E-state index >= 15 is 0 Å². The topological polar surface area (TPSA) is 127 Å². The lowest BCUT2D eigenvalue weighted by Gasteiger charge is -2.32. The summed E-state index contributed by atoms with van der Waals surface area (Å²) in [6.07, 6.45) is -4.23. The minimum absolute atomic E-state index is 0.00468. The standard InChI is InChI=1S/C23H22F3N3O6S2/c1-28(2)19(30)9-7-13-5-3-4-6-14(13)15-12-22(15,21(31)32)29(37(33)34)20-10-8-17(36-20)16-11-18(35-27-16)23(24,25)26/h3-6,8,10-11,15H,7,9,12H2,1-2H3,(H,31,32)(H,33,34)/p-1. The van der Waals surface area contributed by atoms with Gasteiger partial charge < -0.3 is 19.1 Å². The Kier molecular flexibility index (Phi) is 7.18. The van der Waals surface area contributed by atoms with Crippen molar-refractivity contribution in [2.45, 2.75) is 36.9 Å². The van der Waals surface area contributed by atoms with Crippen LogP contribution in [-0.4, -0.2) is 55.4 Å². The van der Waals surface area contributed by atoms with Gasteiger partial charge in [-0.25, -0.2) is 4.79 Å². The zero-order chi connectivity index (χ0) is 27.1. The molecule has 1 amide bonds. The van der Waals surface area contributed by atoms with Crippen LogP contribution in [0.15, 0.2) is 47.0 Å². The van der Waals surface area contributed by atoms with Gasteiger partial charge in [-0.1, -0.05) is 29.4 Å². The SMILES string of the molecule is CN(C)C(=O)CCc1ccccc1C1CC1(C(=O)O)N(c1ccc(-c2cc(C(F)(F)F)on2)s1)S(=O)[O-]. The number of aliphatic carboxylic acids is 1. The second kappa shape index (κ2) is 9.91. The van der Waals surface area contributed by atoms with Gasteiger partial charge in [0.05, 0.1) is 4.88 Å². The minimum Gasteiger partial charge on any atom is -0.755 e. The van der Waals surface area contributed by atoms with Crippen LogP contribution >= 0.6 is 11.3 Å². The fraction of sp³-hybridized carbons (Fsp3) is 0.348. The van der Waals surface area contributed by atoms with Crippen molar-refractivity contribution in [1.82, 2.24) is 10.1 Å². The van der Waals surface area contributed by atoms with Gasteiger partial charge in [-0.15, -0.1) is 11.3 Å². The molecule has 9 nitrogen and oxygen atoms in total. The van der Waals surface area contributed by atoms with E-state index in [1.807, 2.05) is 0 Å². The molecule has 0 spiro atoms. The minimum atomic E-state index is -4.74. The molecule has 0 aliphatic heterocycles. The molecule has 3 atom stereocenters. The monoisotopic (exact) mass is 556 g/mol. The van der Waals surface area contributed by atoms with Crippen LogP contribution in [0, 0.1) is 0 Å². The number of carbonyl (C=O) groups excluding carboxylic acids is 1. The van der Waals surface area contributed by atoms with Gasteiger partial charge in [-0.05, 0) is 36.1 Å². The molecule has 0 radical (unpaired) electrons. The first-order chi connectivity index (χ1) is 17.4. The molecule has 1 aromatic carbocycles. The summed E-state index contributed by atoms with van der Waals surface area (Å²) < 4.78 is 68.4. The Bertz CT molecular complexity index is 1360. The number of aromatic nitrogens is 1. The Hall–Kier alpha value is -3.23. The van der Waals surface area contributed by atoms with Crippen LogP contribution in [-0.2, 0) is 33.5 Å². The van der Waals surface area contributed by atoms with E-state index in [-0.39, 0.29) is 34.3 Å². The summed E-state index contributed by atoms with van der Waals surface area (Å²) in [5.41, 5.74) is -0.642. The maximum absolute atomic E-state index is 12.9. The van der Waals surface area contributed by atoms with E-state index in [9.17, 15) is 36.6 Å². The number of thiophene rings is 1. The molecule has 1 fully saturated rings. The molecule has 3 unspecified atom stereocenters. The van der Waals surface area contributed by atoms with E-state index in [0.29, 0.717) is 18.1 Å². The fourth-order valence-electron chi connectivity index (χ4n) is 4.24. The smallest absolute Gasteiger partial charge is 0.452 e. The average molecular weight is 557 g/mol. The van der Waals surface area contributed by atoms with Crippen molar-refractivity contribution in [3.8, 4) is 10.6 Å². The number of nitrogens with zero attached hydrogens (tertiary/aromatic N) is 3. The summed E-state index contributed by atoms with van der Waals surface area (Å²) in [4.78, 5) is 26.2. The summed E-state index contributed by atoms with van der Waals surface area (Å²) in [6, 6.07) is 10.3. The Balaban J connectivity index is 1.66. The molecular formula is C23H21F3N3O6S2-. The van der Waals surface area contributed by atoms with E-state index in [1.165, 1.54) is 17.0 Å². The zero-order valence-corrected chi connectivity index (χ0v) is 21.2. The third-order valence-electron chi connectivity index (χ3n) is 6.18. The molecular weight excluding hydrogens is 535 g/mol. The molecule has 37 heavy (non-hydrogen) atoms. The summed E-state index contributed by atoms with van der Waals surface area (Å²) >= 11 is -2.24. The number of rotatable bonds is 9. The molecule has 14 heteroatoms. The van der Waals surface area contributed by atoms with Crippen LogP contribution < -0.4 is 4.31 Å². The van der Waals surface area contributed by atoms with Crippen molar-refractivity contribution in [2.24, 2.45) is 0 Å². The van der Waals surface area contributed by atoms with Crippen LogP contribution in [0.2, 0.25) is 0 Å². The van der Waals surface area contributed by atoms with E-state index < -0.39 is 40.6 Å². The number of anilines is 1. The van der Waals surface area contributed by atoms with Crippen LogP contribution in [0.4, 0.5) is 18.2 Å². The molecule has 2 heterocycles. The highest BCUT2D eigenvalue weighted by molar-refractivity contribution is 7.81. The van der Waals surface area contributed by atoms with Crippen molar-refractivity contribution in [3.05, 3.63) is 59.4 Å². The molecule has 1 aliphatic rings. The van der Waals surface area contributed by atoms with Crippen LogP contribution in [0.1, 0.15) is 35.6 Å². The number of carbonyl (C=O) groups is 2. The molecule has 1 saturated carbocycles. The second-order valence-electron chi connectivity index (χ2n) is 8.70. The van der Waals surface area contributed by atoms with E-state index in [2.05, 4.69) is 9.68 Å². The van der Waals surface area contributed by atoms with Gasteiger partial charge in [0.1, 0.15) is 10.7 Å². The maximum Gasteiger partial charge on any atom is 0.452 e. The number of amides is 1. The van der Waals surface area contributed by atoms with Gasteiger partial charge in [0, 0.05) is 43.8 Å². The number of alkyl halides is 3. The lowest BCUT2D eigenvalue weighted by Crippen LogP contribution is -2.46. The highest BCUT2D eigenvalue weighted by atomic mass is 32.2. The van der Waals surface area contributed by atoms with Crippen LogP contribution in [0.25, 0.3) is 10.6 Å². The van der Waals surface area contributed by atoms with Gasteiger partial charge >= 0.3 is 12.1 Å². The highest BCUT2D eigenvalue weighted by Crippen LogP contribution is 2.59. The second-order valence-corrected chi connectivity index (χ2v) is 10.6. The zero-order valence-electron chi connectivity index (χ0n) is 19.5. The predicted molar refractivity (Wildman–Crippen MR) is 127 cm³/mol. The van der Waals surface area contributed by atoms with Crippen LogP contribution in [0.3, 0.4) is 0 Å². The summed E-state index contributed by atoms with van der Waals surface area (Å²) in [7, 11) is 3.26. The number of carboxylic acid groups (broad SMARTS) is 1. The Morgan fingerprint density at radius 3 is 2.57 bits per heavy atom. The molecule has 198 valence electrons. The molecule has 4 rings (SSSR count). The lowest BCUT2D eigenvalue weighted by molar-refractivity contribution is -0.155. The Morgan fingerprint density at radius 2 is 1.97 bits per heavy atom. The molecule has 0 bridgehead atoms. The third kappa shape index (κ3) is 5.13. The molecule has 3 aromatic rings. The summed E-state index contributed by atoms with van der Waals surface area (Å²) in [6.45, 7) is 0. The summed E-state index contributed by atoms with van der Waals surface area (Å²) in [5.74, 6) is -3.49. The maximum atomic E-state index is 12.9. The Morgan fingerprint density at radius 1 is 1.27 bits per heavy atom. The first-order valence-electron chi connectivity index (χ1n) is 10.9. The molecule has 1 N–H and O–H groups in total. The molecule has 2 aromatic heterocycles. The number of carboxylic acids is 1. The van der Waals surface area contributed by atoms with Gasteiger partial charge in [0.2, 0.25) is 11.7 Å². The number of benzene rings is 1. The summed E-state index contributed by atoms with van der Waals surface area (Å²) in [5, 5.41) is 13.6. The first-order valence-corrected chi connectivity index (χ1v) is 12.8. The largest absolute Gasteiger partial charge is 0.755 e. The van der Waals surface area contributed by atoms with E-state index in [1.54, 1.807) is 38.4 Å². The van der Waals surface area contributed by atoms with Crippen molar-refractivity contribution in [1.29, 1.82) is 0 Å². The van der Waals surface area contributed by atoms with Crippen molar-refractivity contribution in [2.75, 3.05) is 18.4 Å². The Labute approximate surface area is 215 Å². The van der Waals surface area contributed by atoms with Gasteiger partial charge in [0.25, 0.3) is 0 Å². The van der Waals surface area contributed by atoms with Crippen LogP contribution in [0.5, 0.6) is 0 Å². The van der Waals surface area contributed by atoms with Gasteiger partial charge in [-0.3, -0.25) is 13.3 Å². The predicted octanol–water partition coefficient (Wildman–Crippen LogP) is 4.05. The van der Waals surface area contributed by atoms with E-state index in [0.717, 1.165) is 21.2 Å². The number of halogens is 3. The highest BCUT2D eigenvalue weighted by Gasteiger charge is 2.66. The number of hydrogen-bond acceptors (Lipinski definition) is 7. The van der Waals surface area contributed by atoms with Crippen molar-refractivity contribution in [3.63, 3.8) is 0 Å². The average Bonchev–Trinajstić information content (AvgIpc) is 3.14.